The molecule has 2 unspecified atom stereocenters. The topological polar surface area (TPSA) is 0 Å². The third-order valence-electron chi connectivity index (χ3n) is 9.56. The summed E-state index contributed by atoms with van der Waals surface area (Å²) in [5.74, 6) is 0. The molecule has 196 valence electrons. The van der Waals surface area contributed by atoms with Crippen LogP contribution in [0.3, 0.4) is 0 Å². The van der Waals surface area contributed by atoms with E-state index in [-0.39, 0.29) is 0 Å². The standard InChI is InChI=1S/2C16H13.C3H8Si.2CH3.Hf/c2*1-12-5-2-8-14(11-12)16-10-4-7-13-6-3-9-15(13)16;1-2-3-4;;;/h2*2-11H,1H3;4H,2-3H2,1H3;2*1H3;. The molecule has 0 N–H and O–H groups in total. The van der Waals surface area contributed by atoms with E-state index in [0.717, 1.165) is 0 Å². The van der Waals surface area contributed by atoms with Gasteiger partial charge in [-0.15, -0.1) is 0 Å². The van der Waals surface area contributed by atoms with Crippen LogP contribution in [0.4, 0.5) is 0 Å². The molecule has 0 saturated heterocycles. The van der Waals surface area contributed by atoms with Crippen molar-refractivity contribution in [3.8, 4) is 22.3 Å². The first-order valence-electron chi connectivity index (χ1n) is 14.6. The van der Waals surface area contributed by atoms with Crippen LogP contribution in [0.25, 0.3) is 34.4 Å². The first kappa shape index (κ1) is 26.7. The molecule has 0 saturated carbocycles. The Morgan fingerprint density at radius 1 is 0.641 bits per heavy atom. The van der Waals surface area contributed by atoms with Gasteiger partial charge in [0.05, 0.1) is 0 Å². The molecule has 4 aromatic carbocycles. The van der Waals surface area contributed by atoms with Crippen molar-refractivity contribution in [1.29, 1.82) is 0 Å². The first-order valence-corrected chi connectivity index (χ1v) is 33.6. The second-order valence-corrected chi connectivity index (χ2v) is 57.1. The van der Waals surface area contributed by atoms with Crippen LogP contribution in [0.5, 0.6) is 0 Å². The Morgan fingerprint density at radius 3 is 1.54 bits per heavy atom. The molecule has 39 heavy (non-hydrogen) atoms. The van der Waals surface area contributed by atoms with Crippen molar-refractivity contribution in [1.82, 2.24) is 0 Å². The fourth-order valence-corrected chi connectivity index (χ4v) is 47.6. The van der Waals surface area contributed by atoms with Gasteiger partial charge in [-0.25, -0.2) is 0 Å². The van der Waals surface area contributed by atoms with Gasteiger partial charge < -0.3 is 0 Å². The van der Waals surface area contributed by atoms with E-state index >= 15 is 0 Å². The summed E-state index contributed by atoms with van der Waals surface area (Å²) >= 11 is -3.61. The van der Waals surface area contributed by atoms with Crippen LogP contribution < -0.4 is 0 Å². The van der Waals surface area contributed by atoms with Crippen LogP contribution in [-0.4, -0.2) is 6.22 Å². The summed E-state index contributed by atoms with van der Waals surface area (Å²) in [6, 6.07) is 33.6. The minimum absolute atomic E-state index is 0.405. The normalized spacial score (nSPS) is 17.8. The number of hydrogen-bond acceptors (Lipinski definition) is 0. The van der Waals surface area contributed by atoms with E-state index in [9.17, 15) is 0 Å². The molecule has 0 nitrogen and oxygen atoms in total. The zero-order valence-corrected chi connectivity index (χ0v) is 28.8. The number of benzene rings is 4. The van der Waals surface area contributed by atoms with E-state index < -0.39 is 17.1 Å². The van der Waals surface area contributed by atoms with Crippen molar-refractivity contribution in [2.24, 2.45) is 0 Å². The fourth-order valence-electron chi connectivity index (χ4n) is 7.44. The number of aryl methyl sites for hydroxylation is 2. The van der Waals surface area contributed by atoms with Crippen LogP contribution >= 0.6 is 0 Å². The molecule has 0 heterocycles. The molecule has 4 aromatic rings. The third kappa shape index (κ3) is 4.54. The molecular weight excluding hydrogens is 651 g/mol. The minimum atomic E-state index is -3.61. The Morgan fingerprint density at radius 2 is 1.10 bits per heavy atom. The van der Waals surface area contributed by atoms with Crippen molar-refractivity contribution in [3.63, 3.8) is 0 Å². The molecule has 0 bridgehead atoms. The van der Waals surface area contributed by atoms with Crippen LogP contribution in [0.1, 0.15) is 54.1 Å². The summed E-state index contributed by atoms with van der Waals surface area (Å²) < 4.78 is 6.84. The second-order valence-electron chi connectivity index (χ2n) is 12.8. The quantitative estimate of drug-likeness (QED) is 0.177. The zero-order valence-electron chi connectivity index (χ0n) is 24.0. The van der Waals surface area contributed by atoms with Crippen LogP contribution in [0.15, 0.2) is 97.1 Å². The Labute approximate surface area is 236 Å². The molecule has 2 atom stereocenters. The average Bonchev–Trinajstić information content (AvgIpc) is 3.58. The Hall–Kier alpha value is -2.55. The summed E-state index contributed by atoms with van der Waals surface area (Å²) in [7, 11) is 0. The van der Waals surface area contributed by atoms with Gasteiger partial charge in [-0.05, 0) is 0 Å². The molecule has 0 aliphatic heterocycles. The van der Waals surface area contributed by atoms with E-state index in [4.69, 9.17) is 0 Å². The van der Waals surface area contributed by atoms with Gasteiger partial charge >= 0.3 is 238 Å². The van der Waals surface area contributed by atoms with Crippen LogP contribution in [0.2, 0.25) is 15.4 Å². The van der Waals surface area contributed by atoms with Crippen LogP contribution in [-0.2, 0) is 17.1 Å². The SMILES string of the molecule is CCC[SiH]=[Hf]([CH3])([CH3])([CH]1C=Cc2c(-c3cccc(C)c3)cccc21)[CH]1C=Cc2c(-c3cccc(C)c3)cccc21. The predicted octanol–water partition coefficient (Wildman–Crippen LogP) is 10.4. The summed E-state index contributed by atoms with van der Waals surface area (Å²) in [6.45, 7) is 6.78. The van der Waals surface area contributed by atoms with Crippen molar-refractivity contribution < 1.29 is 17.1 Å². The van der Waals surface area contributed by atoms with E-state index in [1.807, 2.05) is 0 Å². The van der Waals surface area contributed by atoms with Gasteiger partial charge in [0.2, 0.25) is 0 Å². The summed E-state index contributed by atoms with van der Waals surface area (Å²) in [6.07, 6.45) is 11.9. The van der Waals surface area contributed by atoms with E-state index in [1.165, 1.54) is 57.0 Å². The van der Waals surface area contributed by atoms with Gasteiger partial charge in [-0.2, -0.15) is 0 Å². The molecule has 2 aliphatic carbocycles. The number of hydrogen-bond donors (Lipinski definition) is 0. The maximum atomic E-state index is 2.83. The molecule has 0 spiro atoms. The number of fused-ring (bicyclic) bond motifs is 2. The van der Waals surface area contributed by atoms with E-state index in [0.29, 0.717) is 13.6 Å². The monoisotopic (exact) mass is 692 g/mol. The Balaban J connectivity index is 1.50. The van der Waals surface area contributed by atoms with Gasteiger partial charge in [0.1, 0.15) is 0 Å². The van der Waals surface area contributed by atoms with E-state index in [2.05, 4.69) is 139 Å². The summed E-state index contributed by atoms with van der Waals surface area (Å²) in [5.41, 5.74) is 14.2. The van der Waals surface area contributed by atoms with E-state index in [1.54, 1.807) is 11.1 Å². The Kier molecular flexibility index (Phi) is 6.92. The van der Waals surface area contributed by atoms with Gasteiger partial charge in [0.25, 0.3) is 0 Å². The Bertz CT molecular complexity index is 1590. The van der Waals surface area contributed by atoms with Crippen molar-refractivity contribution >= 4 is 18.4 Å². The maximum absolute atomic E-state index is 3.61. The first-order chi connectivity index (χ1) is 18.8. The van der Waals surface area contributed by atoms with Crippen molar-refractivity contribution in [2.75, 3.05) is 0 Å². The predicted molar refractivity (Wildman–Crippen MR) is 171 cm³/mol. The second kappa shape index (κ2) is 10.1. The molecule has 0 fully saturated rings. The van der Waals surface area contributed by atoms with Crippen LogP contribution in [0, 0.1) is 13.8 Å². The van der Waals surface area contributed by atoms with Crippen molar-refractivity contribution in [3.05, 3.63) is 130 Å². The van der Waals surface area contributed by atoms with Gasteiger partial charge in [-0.3, -0.25) is 0 Å². The van der Waals surface area contributed by atoms with Gasteiger partial charge in [0.15, 0.2) is 0 Å². The molecule has 0 amide bonds. The number of allylic oxidation sites excluding steroid dienone is 2. The molecule has 2 heteroatoms. The fraction of sp³-hybridized carbons (Fsp3) is 0.243. The van der Waals surface area contributed by atoms with Crippen molar-refractivity contribution in [2.45, 2.75) is 49.9 Å². The third-order valence-corrected chi connectivity index (χ3v) is 52.3. The molecular formula is C37H40HfSi. The molecule has 0 aromatic heterocycles. The molecule has 6 rings (SSSR count). The average molecular weight is 691 g/mol. The van der Waals surface area contributed by atoms with Gasteiger partial charge in [-0.1, -0.05) is 0 Å². The molecule has 0 radical (unpaired) electrons. The van der Waals surface area contributed by atoms with Gasteiger partial charge in [0, 0.05) is 0 Å². The number of rotatable bonds is 6. The molecule has 2 aliphatic rings. The zero-order chi connectivity index (χ0) is 27.2. The summed E-state index contributed by atoms with van der Waals surface area (Å²) in [5, 5.41) is 0. The summed E-state index contributed by atoms with van der Waals surface area (Å²) in [4.78, 5) is 0.